The largest absolute Gasteiger partial charge is 0.486 e. The molecular formula is C22H21NO5. The van der Waals surface area contributed by atoms with Gasteiger partial charge in [-0.15, -0.1) is 0 Å². The van der Waals surface area contributed by atoms with Gasteiger partial charge in [-0.1, -0.05) is 24.3 Å². The highest BCUT2D eigenvalue weighted by Crippen LogP contribution is 2.30. The normalized spacial score (nSPS) is 12.4. The summed E-state index contributed by atoms with van der Waals surface area (Å²) in [6, 6.07) is 18.7. The molecule has 1 aliphatic rings. The fourth-order valence-electron chi connectivity index (χ4n) is 2.90. The Morgan fingerprint density at radius 2 is 1.79 bits per heavy atom. The van der Waals surface area contributed by atoms with Crippen LogP contribution in [-0.2, 0) is 13.0 Å². The maximum absolute atomic E-state index is 12.3. The molecule has 0 saturated carbocycles. The van der Waals surface area contributed by atoms with Gasteiger partial charge < -0.3 is 23.9 Å². The van der Waals surface area contributed by atoms with Gasteiger partial charge in [0.2, 0.25) is 0 Å². The van der Waals surface area contributed by atoms with Crippen molar-refractivity contribution in [2.45, 2.75) is 13.0 Å². The van der Waals surface area contributed by atoms with Gasteiger partial charge in [0, 0.05) is 6.54 Å². The van der Waals surface area contributed by atoms with Crippen LogP contribution in [0.15, 0.2) is 65.1 Å². The van der Waals surface area contributed by atoms with E-state index in [0.29, 0.717) is 31.9 Å². The van der Waals surface area contributed by atoms with E-state index in [9.17, 15) is 4.79 Å². The molecule has 28 heavy (non-hydrogen) atoms. The van der Waals surface area contributed by atoms with Gasteiger partial charge >= 0.3 is 0 Å². The van der Waals surface area contributed by atoms with Crippen molar-refractivity contribution in [1.82, 2.24) is 5.32 Å². The molecule has 3 aromatic rings. The number of hydrogen-bond donors (Lipinski definition) is 1. The molecule has 0 bridgehead atoms. The molecule has 1 aliphatic heterocycles. The first-order valence-electron chi connectivity index (χ1n) is 9.21. The van der Waals surface area contributed by atoms with Crippen molar-refractivity contribution >= 4 is 5.91 Å². The first kappa shape index (κ1) is 18.0. The minimum atomic E-state index is -0.247. The van der Waals surface area contributed by atoms with Crippen LogP contribution < -0.4 is 19.5 Å². The average Bonchev–Trinajstić information content (AvgIpc) is 3.22. The molecule has 0 fully saturated rings. The molecule has 6 nitrogen and oxygen atoms in total. The molecule has 0 atom stereocenters. The molecule has 4 rings (SSSR count). The second-order valence-corrected chi connectivity index (χ2v) is 6.35. The molecule has 0 unspecified atom stereocenters. The van der Waals surface area contributed by atoms with E-state index < -0.39 is 0 Å². The van der Waals surface area contributed by atoms with Crippen LogP contribution in [0.5, 0.6) is 17.2 Å². The van der Waals surface area contributed by atoms with Crippen LogP contribution in [0.3, 0.4) is 0 Å². The van der Waals surface area contributed by atoms with E-state index in [4.69, 9.17) is 18.6 Å². The molecular weight excluding hydrogens is 358 g/mol. The summed E-state index contributed by atoms with van der Waals surface area (Å²) in [6.07, 6.45) is 0.688. The van der Waals surface area contributed by atoms with Crippen LogP contribution in [0.2, 0.25) is 0 Å². The van der Waals surface area contributed by atoms with Crippen LogP contribution in [0.4, 0.5) is 0 Å². The number of para-hydroxylation sites is 1. The van der Waals surface area contributed by atoms with E-state index in [1.807, 2.05) is 48.5 Å². The van der Waals surface area contributed by atoms with E-state index in [0.717, 1.165) is 22.8 Å². The summed E-state index contributed by atoms with van der Waals surface area (Å²) in [7, 11) is 0. The predicted octanol–water partition coefficient (Wildman–Crippen LogP) is 3.60. The highest BCUT2D eigenvalue weighted by Gasteiger charge is 2.13. The van der Waals surface area contributed by atoms with Gasteiger partial charge in [0.05, 0.1) is 0 Å². The Kier molecular flexibility index (Phi) is 5.47. The molecule has 2 heterocycles. The van der Waals surface area contributed by atoms with Gasteiger partial charge in [0.15, 0.2) is 17.3 Å². The highest BCUT2D eigenvalue weighted by atomic mass is 16.6. The zero-order valence-electron chi connectivity index (χ0n) is 15.4. The Hall–Kier alpha value is -3.41. The van der Waals surface area contributed by atoms with E-state index >= 15 is 0 Å². The molecule has 0 saturated heterocycles. The summed E-state index contributed by atoms with van der Waals surface area (Å²) in [6.45, 7) is 1.90. The molecule has 1 N–H and O–H groups in total. The minimum Gasteiger partial charge on any atom is -0.486 e. The van der Waals surface area contributed by atoms with Gasteiger partial charge in [-0.25, -0.2) is 0 Å². The predicted molar refractivity (Wildman–Crippen MR) is 103 cm³/mol. The quantitative estimate of drug-likeness (QED) is 0.679. The second-order valence-electron chi connectivity index (χ2n) is 6.35. The number of benzene rings is 2. The molecule has 2 aromatic carbocycles. The van der Waals surface area contributed by atoms with Crippen LogP contribution in [-0.4, -0.2) is 25.7 Å². The second kappa shape index (κ2) is 8.52. The smallest absolute Gasteiger partial charge is 0.287 e. The fourth-order valence-corrected chi connectivity index (χ4v) is 2.90. The van der Waals surface area contributed by atoms with Crippen LogP contribution in [0, 0.1) is 0 Å². The molecule has 6 heteroatoms. The SMILES string of the molecule is O=C(NCCc1ccc2c(c1)OCCO2)c1ccc(COc2ccccc2)o1. The lowest BCUT2D eigenvalue weighted by Gasteiger charge is -2.18. The van der Waals surface area contributed by atoms with Crippen LogP contribution >= 0.6 is 0 Å². The van der Waals surface area contributed by atoms with Crippen molar-refractivity contribution in [2.24, 2.45) is 0 Å². The van der Waals surface area contributed by atoms with Crippen LogP contribution in [0.25, 0.3) is 0 Å². The lowest BCUT2D eigenvalue weighted by Crippen LogP contribution is -2.25. The van der Waals surface area contributed by atoms with Crippen molar-refractivity contribution in [3.63, 3.8) is 0 Å². The zero-order chi connectivity index (χ0) is 19.2. The third kappa shape index (κ3) is 4.46. The maximum atomic E-state index is 12.3. The third-order valence-electron chi connectivity index (χ3n) is 4.32. The number of carbonyl (C=O) groups is 1. The molecule has 0 aliphatic carbocycles. The molecule has 0 spiro atoms. The minimum absolute atomic E-state index is 0.247. The Labute approximate surface area is 163 Å². The van der Waals surface area contributed by atoms with Crippen molar-refractivity contribution in [3.8, 4) is 17.2 Å². The summed E-state index contributed by atoms with van der Waals surface area (Å²) in [5, 5.41) is 2.87. The summed E-state index contributed by atoms with van der Waals surface area (Å²) in [5.41, 5.74) is 1.07. The molecule has 0 radical (unpaired) electrons. The van der Waals surface area contributed by atoms with Gasteiger partial charge in [-0.3, -0.25) is 4.79 Å². The van der Waals surface area contributed by atoms with Crippen molar-refractivity contribution < 1.29 is 23.4 Å². The Morgan fingerprint density at radius 1 is 0.964 bits per heavy atom. The number of hydrogen-bond acceptors (Lipinski definition) is 5. The number of rotatable bonds is 7. The van der Waals surface area contributed by atoms with Crippen molar-refractivity contribution in [1.29, 1.82) is 0 Å². The Balaban J connectivity index is 1.25. The van der Waals surface area contributed by atoms with Gasteiger partial charge in [0.25, 0.3) is 5.91 Å². The highest BCUT2D eigenvalue weighted by molar-refractivity contribution is 5.91. The Morgan fingerprint density at radius 3 is 2.64 bits per heavy atom. The first-order chi connectivity index (χ1) is 13.8. The number of furan rings is 1. The number of carbonyl (C=O) groups excluding carboxylic acids is 1. The number of nitrogens with one attached hydrogen (secondary N) is 1. The standard InChI is InChI=1S/C22H21NO5/c24-22(20-9-7-18(28-20)15-27-17-4-2-1-3-5-17)23-11-10-16-6-8-19-21(14-16)26-13-12-25-19/h1-9,14H,10-13,15H2,(H,23,24). The van der Waals surface area contributed by atoms with Crippen molar-refractivity contribution in [3.05, 3.63) is 77.7 Å². The Bertz CT molecular complexity index is 935. The van der Waals surface area contributed by atoms with E-state index in [1.165, 1.54) is 0 Å². The average molecular weight is 379 g/mol. The molecule has 1 aromatic heterocycles. The summed E-state index contributed by atoms with van der Waals surface area (Å²) >= 11 is 0. The summed E-state index contributed by atoms with van der Waals surface area (Å²) in [4.78, 5) is 12.3. The maximum Gasteiger partial charge on any atom is 0.287 e. The number of amides is 1. The molecule has 1 amide bonds. The monoisotopic (exact) mass is 379 g/mol. The fraction of sp³-hybridized carbons (Fsp3) is 0.227. The summed E-state index contributed by atoms with van der Waals surface area (Å²) in [5.74, 6) is 2.89. The lowest BCUT2D eigenvalue weighted by atomic mass is 10.1. The molecule has 144 valence electrons. The van der Waals surface area contributed by atoms with Crippen molar-refractivity contribution in [2.75, 3.05) is 19.8 Å². The topological polar surface area (TPSA) is 69.9 Å². The summed E-state index contributed by atoms with van der Waals surface area (Å²) < 4.78 is 22.3. The number of fused-ring (bicyclic) bond motifs is 1. The van der Waals surface area contributed by atoms with E-state index in [1.54, 1.807) is 12.1 Å². The van der Waals surface area contributed by atoms with Gasteiger partial charge in [-0.05, 0) is 48.4 Å². The van der Waals surface area contributed by atoms with Gasteiger partial charge in [0.1, 0.15) is 31.3 Å². The zero-order valence-corrected chi connectivity index (χ0v) is 15.4. The lowest BCUT2D eigenvalue weighted by molar-refractivity contribution is 0.0922. The third-order valence-corrected chi connectivity index (χ3v) is 4.32. The first-order valence-corrected chi connectivity index (χ1v) is 9.21. The van der Waals surface area contributed by atoms with E-state index in [2.05, 4.69) is 5.32 Å². The van der Waals surface area contributed by atoms with E-state index in [-0.39, 0.29) is 18.3 Å². The van der Waals surface area contributed by atoms with Crippen LogP contribution in [0.1, 0.15) is 21.9 Å². The van der Waals surface area contributed by atoms with Gasteiger partial charge in [-0.2, -0.15) is 0 Å². The number of ether oxygens (including phenoxy) is 3.